The summed E-state index contributed by atoms with van der Waals surface area (Å²) >= 11 is 0. The predicted octanol–water partition coefficient (Wildman–Crippen LogP) is 2.26. The van der Waals surface area contributed by atoms with Crippen LogP contribution in [0, 0.1) is 29.8 Å². The van der Waals surface area contributed by atoms with Crippen LogP contribution in [0.3, 0.4) is 0 Å². The molecule has 2 aromatic carbocycles. The Labute approximate surface area is 165 Å². The fourth-order valence-electron chi connectivity index (χ4n) is 2.26. The number of amides is 2. The summed E-state index contributed by atoms with van der Waals surface area (Å²) < 4.78 is 18.0. The maximum absolute atomic E-state index is 13.3. The lowest BCUT2D eigenvalue weighted by Crippen LogP contribution is -2.32. The highest BCUT2D eigenvalue weighted by molar-refractivity contribution is 5.97. The molecule has 2 rings (SSSR count). The standard InChI is InChI=1S/C19H18FN3O6/c1-11-3-4-13(7-12(11)2)19(26)21-9-18(25)29-10-17(24)22-14-5-6-15(20)16(8-14)23(27)28/h3-8H,9-10H2,1-2H3,(H,21,26)(H,22,24). The molecular weight excluding hydrogens is 385 g/mol. The average molecular weight is 403 g/mol. The van der Waals surface area contributed by atoms with Crippen LogP contribution in [0.4, 0.5) is 15.8 Å². The fraction of sp³-hybridized carbons (Fsp3) is 0.211. The Morgan fingerprint density at radius 1 is 1.10 bits per heavy atom. The minimum Gasteiger partial charge on any atom is -0.454 e. The summed E-state index contributed by atoms with van der Waals surface area (Å²) in [5, 5.41) is 15.3. The number of aryl methyl sites for hydroxylation is 2. The van der Waals surface area contributed by atoms with E-state index in [2.05, 4.69) is 10.6 Å². The minimum absolute atomic E-state index is 0.0257. The Kier molecular flexibility index (Phi) is 6.96. The van der Waals surface area contributed by atoms with Crippen LogP contribution in [-0.4, -0.2) is 35.9 Å². The van der Waals surface area contributed by atoms with Gasteiger partial charge in [0.1, 0.15) is 6.54 Å². The van der Waals surface area contributed by atoms with Gasteiger partial charge in [0.2, 0.25) is 5.82 Å². The number of anilines is 1. The molecule has 0 spiro atoms. The third-order valence-corrected chi connectivity index (χ3v) is 3.95. The van der Waals surface area contributed by atoms with Crippen LogP contribution in [-0.2, 0) is 14.3 Å². The summed E-state index contributed by atoms with van der Waals surface area (Å²) in [4.78, 5) is 45.2. The van der Waals surface area contributed by atoms with E-state index in [1.165, 1.54) is 0 Å². The third kappa shape index (κ3) is 6.09. The molecule has 0 bridgehead atoms. The van der Waals surface area contributed by atoms with Gasteiger partial charge in [-0.2, -0.15) is 4.39 Å². The highest BCUT2D eigenvalue weighted by Crippen LogP contribution is 2.21. The van der Waals surface area contributed by atoms with E-state index in [4.69, 9.17) is 4.74 Å². The minimum atomic E-state index is -1.04. The van der Waals surface area contributed by atoms with Crippen molar-refractivity contribution < 1.29 is 28.4 Å². The Morgan fingerprint density at radius 3 is 2.48 bits per heavy atom. The second-order valence-corrected chi connectivity index (χ2v) is 6.11. The fourth-order valence-corrected chi connectivity index (χ4v) is 2.26. The first-order valence-electron chi connectivity index (χ1n) is 8.42. The molecular formula is C19H18FN3O6. The van der Waals surface area contributed by atoms with E-state index >= 15 is 0 Å². The zero-order valence-corrected chi connectivity index (χ0v) is 15.7. The van der Waals surface area contributed by atoms with Crippen molar-refractivity contribution in [1.29, 1.82) is 0 Å². The van der Waals surface area contributed by atoms with Crippen LogP contribution in [0.2, 0.25) is 0 Å². The van der Waals surface area contributed by atoms with Crippen LogP contribution in [0.25, 0.3) is 0 Å². The number of hydrogen-bond donors (Lipinski definition) is 2. The first kappa shape index (κ1) is 21.5. The van der Waals surface area contributed by atoms with E-state index in [0.717, 1.165) is 29.3 Å². The summed E-state index contributed by atoms with van der Waals surface area (Å²) in [6.45, 7) is 2.64. The van der Waals surface area contributed by atoms with Crippen LogP contribution >= 0.6 is 0 Å². The maximum atomic E-state index is 13.3. The Morgan fingerprint density at radius 2 is 1.83 bits per heavy atom. The second kappa shape index (κ2) is 9.40. The zero-order valence-electron chi connectivity index (χ0n) is 15.7. The Hall–Kier alpha value is -3.82. The Balaban J connectivity index is 1.80. The lowest BCUT2D eigenvalue weighted by molar-refractivity contribution is -0.387. The van der Waals surface area contributed by atoms with Gasteiger partial charge < -0.3 is 15.4 Å². The van der Waals surface area contributed by atoms with Gasteiger partial charge in [-0.1, -0.05) is 6.07 Å². The van der Waals surface area contributed by atoms with Gasteiger partial charge in [0.05, 0.1) is 4.92 Å². The first-order valence-corrected chi connectivity index (χ1v) is 8.42. The van der Waals surface area contributed by atoms with Crippen molar-refractivity contribution in [2.45, 2.75) is 13.8 Å². The van der Waals surface area contributed by atoms with E-state index in [-0.39, 0.29) is 5.69 Å². The number of nitrogens with one attached hydrogen (secondary N) is 2. The van der Waals surface area contributed by atoms with Crippen LogP contribution < -0.4 is 10.6 Å². The molecule has 9 nitrogen and oxygen atoms in total. The first-order chi connectivity index (χ1) is 13.7. The van der Waals surface area contributed by atoms with Crippen molar-refractivity contribution in [3.05, 3.63) is 69.0 Å². The number of nitro groups is 1. The van der Waals surface area contributed by atoms with E-state index in [1.54, 1.807) is 18.2 Å². The molecule has 152 valence electrons. The highest BCUT2D eigenvalue weighted by atomic mass is 19.1. The topological polar surface area (TPSA) is 128 Å². The smallest absolute Gasteiger partial charge is 0.325 e. The number of ether oxygens (including phenoxy) is 1. The molecule has 10 heteroatoms. The molecule has 2 aromatic rings. The SMILES string of the molecule is Cc1ccc(C(=O)NCC(=O)OCC(=O)Nc2ccc(F)c([N+](=O)[O-])c2)cc1C. The number of benzene rings is 2. The molecule has 2 amide bonds. The molecule has 0 saturated heterocycles. The number of halogens is 1. The van der Waals surface area contributed by atoms with Crippen molar-refractivity contribution in [2.75, 3.05) is 18.5 Å². The maximum Gasteiger partial charge on any atom is 0.325 e. The van der Waals surface area contributed by atoms with Gasteiger partial charge in [0, 0.05) is 17.3 Å². The van der Waals surface area contributed by atoms with E-state index in [1.807, 2.05) is 13.8 Å². The van der Waals surface area contributed by atoms with Gasteiger partial charge in [0.15, 0.2) is 6.61 Å². The molecule has 0 aliphatic heterocycles. The molecule has 0 saturated carbocycles. The number of carbonyl (C=O) groups excluding carboxylic acids is 3. The number of nitro benzene ring substituents is 1. The van der Waals surface area contributed by atoms with Crippen molar-refractivity contribution in [2.24, 2.45) is 0 Å². The van der Waals surface area contributed by atoms with Gasteiger partial charge in [0.25, 0.3) is 11.8 Å². The molecule has 0 aromatic heterocycles. The summed E-state index contributed by atoms with van der Waals surface area (Å²) in [5.41, 5.74) is 1.52. The molecule has 2 N–H and O–H groups in total. The molecule has 0 heterocycles. The molecule has 0 atom stereocenters. The largest absolute Gasteiger partial charge is 0.454 e. The number of hydrogen-bond acceptors (Lipinski definition) is 6. The molecule has 0 fully saturated rings. The van der Waals surface area contributed by atoms with Crippen molar-refractivity contribution >= 4 is 29.2 Å². The quantitative estimate of drug-likeness (QED) is 0.415. The number of esters is 1. The third-order valence-electron chi connectivity index (χ3n) is 3.95. The number of nitrogens with zero attached hydrogens (tertiary/aromatic N) is 1. The summed E-state index contributed by atoms with van der Waals surface area (Å²) in [6.07, 6.45) is 0. The lowest BCUT2D eigenvalue weighted by Gasteiger charge is -2.08. The summed E-state index contributed by atoms with van der Waals surface area (Å²) in [6, 6.07) is 7.91. The van der Waals surface area contributed by atoms with Crippen LogP contribution in [0.5, 0.6) is 0 Å². The normalized spacial score (nSPS) is 10.2. The molecule has 0 aliphatic rings. The molecule has 0 unspecified atom stereocenters. The predicted molar refractivity (Wildman–Crippen MR) is 101 cm³/mol. The van der Waals surface area contributed by atoms with Crippen molar-refractivity contribution in [1.82, 2.24) is 5.32 Å². The average Bonchev–Trinajstić information content (AvgIpc) is 2.67. The second-order valence-electron chi connectivity index (χ2n) is 6.11. The van der Waals surface area contributed by atoms with Crippen LogP contribution in [0.15, 0.2) is 36.4 Å². The van der Waals surface area contributed by atoms with Crippen molar-refractivity contribution in [3.8, 4) is 0 Å². The molecule has 0 aliphatic carbocycles. The number of carbonyl (C=O) groups is 3. The molecule has 0 radical (unpaired) electrons. The van der Waals surface area contributed by atoms with E-state index in [9.17, 15) is 28.9 Å². The van der Waals surface area contributed by atoms with Gasteiger partial charge in [-0.05, 0) is 49.2 Å². The van der Waals surface area contributed by atoms with E-state index in [0.29, 0.717) is 5.56 Å². The van der Waals surface area contributed by atoms with Crippen LogP contribution in [0.1, 0.15) is 21.5 Å². The van der Waals surface area contributed by atoms with Crippen molar-refractivity contribution in [3.63, 3.8) is 0 Å². The van der Waals surface area contributed by atoms with Gasteiger partial charge in [-0.3, -0.25) is 24.5 Å². The summed E-state index contributed by atoms with van der Waals surface area (Å²) in [5.74, 6) is -3.13. The Bertz CT molecular complexity index is 976. The van der Waals surface area contributed by atoms with Gasteiger partial charge in [-0.25, -0.2) is 0 Å². The monoisotopic (exact) mass is 403 g/mol. The van der Waals surface area contributed by atoms with Gasteiger partial charge in [-0.15, -0.1) is 0 Å². The zero-order chi connectivity index (χ0) is 21.6. The highest BCUT2D eigenvalue weighted by Gasteiger charge is 2.16. The summed E-state index contributed by atoms with van der Waals surface area (Å²) in [7, 11) is 0. The number of rotatable bonds is 7. The van der Waals surface area contributed by atoms with E-state index < -0.39 is 47.4 Å². The molecule has 29 heavy (non-hydrogen) atoms. The van der Waals surface area contributed by atoms with Gasteiger partial charge >= 0.3 is 11.7 Å². The lowest BCUT2D eigenvalue weighted by atomic mass is 10.1.